The van der Waals surface area contributed by atoms with Crippen molar-refractivity contribution in [2.45, 2.75) is 64.0 Å². The van der Waals surface area contributed by atoms with Gasteiger partial charge in [-0.2, -0.15) is 5.10 Å². The molecule has 34 heavy (non-hydrogen) atoms. The molecule has 3 N–H and O–H groups in total. The Labute approximate surface area is 194 Å². The summed E-state index contributed by atoms with van der Waals surface area (Å²) in [7, 11) is 0. The van der Waals surface area contributed by atoms with Crippen LogP contribution >= 0.6 is 0 Å². The standard InChI is InChI=1S/C21H27F2N7O4/c1-2-15-17(29-34-28-15)20(33)27-16(12-3-6-21(22,23)7-4-12)19(32)26-14-9-25-30(11-14)10-13-5-8-24-18(13)31/h9,11-13,16H,2-8,10H2,1H3,(H,24,31)(H,26,32)(H,27,33)/t13?,16-/m0/s1. The number of nitrogens with one attached hydrogen (secondary N) is 3. The SMILES string of the molecule is CCc1nonc1C(=O)N[C@H](C(=O)Nc1cnn(CC2CCNC2=O)c1)C1CCC(F)(F)CC1. The van der Waals surface area contributed by atoms with Crippen LogP contribution in [0.1, 0.15) is 55.2 Å². The lowest BCUT2D eigenvalue weighted by atomic mass is 9.81. The zero-order valence-corrected chi connectivity index (χ0v) is 18.7. The number of aryl methyl sites for hydroxylation is 1. The summed E-state index contributed by atoms with van der Waals surface area (Å²) in [5, 5.41) is 19.6. The van der Waals surface area contributed by atoms with E-state index in [-0.39, 0.29) is 43.2 Å². The van der Waals surface area contributed by atoms with Crippen LogP contribution in [0, 0.1) is 11.8 Å². The van der Waals surface area contributed by atoms with Gasteiger partial charge >= 0.3 is 0 Å². The molecule has 3 amide bonds. The van der Waals surface area contributed by atoms with Crippen molar-refractivity contribution in [2.24, 2.45) is 11.8 Å². The highest BCUT2D eigenvalue weighted by Gasteiger charge is 2.41. The van der Waals surface area contributed by atoms with Crippen molar-refractivity contribution in [1.29, 1.82) is 0 Å². The van der Waals surface area contributed by atoms with Gasteiger partial charge in [-0.25, -0.2) is 13.4 Å². The smallest absolute Gasteiger partial charge is 0.276 e. The van der Waals surface area contributed by atoms with E-state index in [9.17, 15) is 23.2 Å². The summed E-state index contributed by atoms with van der Waals surface area (Å²) in [5.74, 6) is -4.68. The largest absolute Gasteiger partial charge is 0.356 e. The maximum absolute atomic E-state index is 13.7. The Hall–Kier alpha value is -3.38. The summed E-state index contributed by atoms with van der Waals surface area (Å²) in [5.41, 5.74) is 0.675. The average Bonchev–Trinajstić information content (AvgIpc) is 3.54. The van der Waals surface area contributed by atoms with Crippen LogP contribution in [-0.2, 0) is 22.6 Å². The number of anilines is 1. The minimum Gasteiger partial charge on any atom is -0.356 e. The van der Waals surface area contributed by atoms with Gasteiger partial charge in [0.2, 0.25) is 17.7 Å². The van der Waals surface area contributed by atoms with Gasteiger partial charge in [-0.15, -0.1) is 0 Å². The highest BCUT2D eigenvalue weighted by molar-refractivity contribution is 6.00. The molecule has 2 fully saturated rings. The fourth-order valence-corrected chi connectivity index (χ4v) is 4.41. The van der Waals surface area contributed by atoms with E-state index >= 15 is 0 Å². The van der Waals surface area contributed by atoms with E-state index in [1.54, 1.807) is 17.8 Å². The van der Waals surface area contributed by atoms with Crippen molar-refractivity contribution in [3.63, 3.8) is 0 Å². The van der Waals surface area contributed by atoms with Crippen molar-refractivity contribution >= 4 is 23.4 Å². The number of carbonyl (C=O) groups is 3. The summed E-state index contributed by atoms with van der Waals surface area (Å²) in [6, 6.07) is -1.06. The topological polar surface area (TPSA) is 144 Å². The van der Waals surface area contributed by atoms with Crippen LogP contribution in [0.4, 0.5) is 14.5 Å². The van der Waals surface area contributed by atoms with Crippen LogP contribution in [-0.4, -0.2) is 56.3 Å². The van der Waals surface area contributed by atoms with Crippen LogP contribution < -0.4 is 16.0 Å². The molecule has 2 aromatic rings. The zero-order valence-electron chi connectivity index (χ0n) is 18.7. The molecule has 0 aromatic carbocycles. The quantitative estimate of drug-likeness (QED) is 0.521. The number of aromatic nitrogens is 4. The number of carbonyl (C=O) groups excluding carboxylic acids is 3. The van der Waals surface area contributed by atoms with Crippen molar-refractivity contribution in [1.82, 2.24) is 30.7 Å². The highest BCUT2D eigenvalue weighted by atomic mass is 19.3. The van der Waals surface area contributed by atoms with Gasteiger partial charge in [0, 0.05) is 25.6 Å². The molecule has 13 heteroatoms. The zero-order chi connectivity index (χ0) is 24.3. The minimum atomic E-state index is -2.78. The van der Waals surface area contributed by atoms with Crippen molar-refractivity contribution in [2.75, 3.05) is 11.9 Å². The van der Waals surface area contributed by atoms with Crippen LogP contribution in [0.3, 0.4) is 0 Å². The van der Waals surface area contributed by atoms with E-state index in [2.05, 4.69) is 36.0 Å². The number of hydrogen-bond acceptors (Lipinski definition) is 7. The average molecular weight is 479 g/mol. The van der Waals surface area contributed by atoms with E-state index in [1.807, 2.05) is 0 Å². The number of halogens is 2. The first kappa shape index (κ1) is 23.8. The molecule has 2 aliphatic rings. The van der Waals surface area contributed by atoms with E-state index < -0.39 is 29.7 Å². The molecule has 11 nitrogen and oxygen atoms in total. The lowest BCUT2D eigenvalue weighted by Gasteiger charge is -2.33. The summed E-state index contributed by atoms with van der Waals surface area (Å²) in [6.45, 7) is 2.77. The van der Waals surface area contributed by atoms with Gasteiger partial charge in [0.05, 0.1) is 24.3 Å². The first-order chi connectivity index (χ1) is 16.3. The van der Waals surface area contributed by atoms with Crippen LogP contribution in [0.2, 0.25) is 0 Å². The normalized spacial score (nSPS) is 21.1. The Morgan fingerprint density at radius 3 is 2.74 bits per heavy atom. The third kappa shape index (κ3) is 5.39. The number of amides is 3. The van der Waals surface area contributed by atoms with Crippen LogP contribution in [0.15, 0.2) is 17.0 Å². The van der Waals surface area contributed by atoms with Gasteiger partial charge in [-0.1, -0.05) is 12.1 Å². The summed E-state index contributed by atoms with van der Waals surface area (Å²) in [6.07, 6.45) is 3.59. The fourth-order valence-electron chi connectivity index (χ4n) is 4.41. The molecule has 2 aromatic heterocycles. The Kier molecular flexibility index (Phi) is 6.89. The van der Waals surface area contributed by atoms with Gasteiger partial charge in [0.1, 0.15) is 11.7 Å². The van der Waals surface area contributed by atoms with Crippen LogP contribution in [0.25, 0.3) is 0 Å². The number of hydrogen-bond donors (Lipinski definition) is 3. The van der Waals surface area contributed by atoms with E-state index in [0.29, 0.717) is 37.3 Å². The second-order valence-electron chi connectivity index (χ2n) is 8.77. The minimum absolute atomic E-state index is 0.0354. The molecule has 3 heterocycles. The van der Waals surface area contributed by atoms with Crippen molar-refractivity contribution in [3.05, 3.63) is 23.8 Å². The molecule has 0 spiro atoms. The molecule has 0 radical (unpaired) electrons. The molecule has 0 bridgehead atoms. The maximum Gasteiger partial charge on any atom is 0.276 e. The lowest BCUT2D eigenvalue weighted by Crippen LogP contribution is -2.50. The summed E-state index contributed by atoms with van der Waals surface area (Å²) >= 11 is 0. The third-order valence-corrected chi connectivity index (χ3v) is 6.38. The summed E-state index contributed by atoms with van der Waals surface area (Å²) in [4.78, 5) is 37.7. The molecule has 1 saturated carbocycles. The van der Waals surface area contributed by atoms with Crippen molar-refractivity contribution < 1.29 is 27.8 Å². The first-order valence-electron chi connectivity index (χ1n) is 11.4. The van der Waals surface area contributed by atoms with Gasteiger partial charge in [0.15, 0.2) is 5.69 Å². The molecular weight excluding hydrogens is 452 g/mol. The Bertz CT molecular complexity index is 1040. The molecule has 1 unspecified atom stereocenters. The van der Waals surface area contributed by atoms with Gasteiger partial charge < -0.3 is 16.0 Å². The third-order valence-electron chi connectivity index (χ3n) is 6.38. The second-order valence-corrected chi connectivity index (χ2v) is 8.77. The number of rotatable bonds is 8. The molecule has 1 aliphatic heterocycles. The van der Waals surface area contributed by atoms with E-state index in [0.717, 1.165) is 0 Å². The van der Waals surface area contributed by atoms with E-state index in [4.69, 9.17) is 0 Å². The first-order valence-corrected chi connectivity index (χ1v) is 11.4. The van der Waals surface area contributed by atoms with Crippen molar-refractivity contribution in [3.8, 4) is 0 Å². The summed E-state index contributed by atoms with van der Waals surface area (Å²) < 4.78 is 33.6. The molecule has 2 atom stereocenters. The molecule has 1 saturated heterocycles. The fraction of sp³-hybridized carbons (Fsp3) is 0.619. The maximum atomic E-state index is 13.7. The molecule has 4 rings (SSSR count). The monoisotopic (exact) mass is 479 g/mol. The predicted octanol–water partition coefficient (Wildman–Crippen LogP) is 1.53. The Morgan fingerprint density at radius 1 is 1.29 bits per heavy atom. The number of alkyl halides is 2. The molecule has 184 valence electrons. The molecule has 1 aliphatic carbocycles. The Morgan fingerprint density at radius 2 is 2.06 bits per heavy atom. The van der Waals surface area contributed by atoms with Gasteiger partial charge in [-0.05, 0) is 36.8 Å². The Balaban J connectivity index is 1.46. The van der Waals surface area contributed by atoms with Gasteiger partial charge in [0.25, 0.3) is 5.91 Å². The lowest BCUT2D eigenvalue weighted by molar-refractivity contribution is -0.123. The van der Waals surface area contributed by atoms with E-state index in [1.165, 1.54) is 6.20 Å². The molecular formula is C21H27F2N7O4. The predicted molar refractivity (Wildman–Crippen MR) is 114 cm³/mol. The highest BCUT2D eigenvalue weighted by Crippen LogP contribution is 2.37. The second kappa shape index (κ2) is 9.85. The number of nitrogens with zero attached hydrogens (tertiary/aromatic N) is 4. The van der Waals surface area contributed by atoms with Gasteiger partial charge in [-0.3, -0.25) is 19.1 Å². The van der Waals surface area contributed by atoms with Crippen LogP contribution in [0.5, 0.6) is 0 Å².